The standard InChI is InChI=1S/C73H51N7/c1-76-72(59-34-35-67(61(41-59)47-75)80-70-38-32-57(52-23-11-4-12-24-52)44-64(70)65-45-58(33-39-71(65)80)53-25-13-5-14-26-53)78-73(54-27-15-6-16-28-54)77-48-49-18-17-29-66(60(40-49)46-74)79-68-36-30-55(50-19-7-2-8-20-50)42-62(68)63-43-56(31-37-69(63)79)51-21-9-3-10-22-51/h2-16,19-45,48-49H,17-18H2,1H3. The van der Waals surface area contributed by atoms with Crippen LogP contribution in [0.2, 0.25) is 0 Å². The van der Waals surface area contributed by atoms with Crippen LogP contribution < -0.4 is 0 Å². The Morgan fingerprint density at radius 2 is 0.887 bits per heavy atom. The molecule has 1 atom stereocenters. The number of hydrogen-bond donors (Lipinski definition) is 0. The Kier molecular flexibility index (Phi) is 13.1. The number of nitriles is 2. The highest BCUT2D eigenvalue weighted by Gasteiger charge is 2.23. The number of allylic oxidation sites excluding steroid dienone is 4. The molecule has 0 fully saturated rings. The van der Waals surface area contributed by atoms with E-state index in [-0.39, 0.29) is 5.92 Å². The fraction of sp³-hybridized carbons (Fsp3) is 0.0548. The minimum atomic E-state index is -0.181. The lowest BCUT2D eigenvalue weighted by Crippen LogP contribution is -2.08. The van der Waals surface area contributed by atoms with Crippen LogP contribution in [-0.4, -0.2) is 34.1 Å². The number of aromatic nitrogens is 2. The Bertz CT molecular complexity index is 4390. The predicted molar refractivity (Wildman–Crippen MR) is 331 cm³/mol. The van der Waals surface area contributed by atoms with Crippen LogP contribution in [0.5, 0.6) is 0 Å². The zero-order valence-electron chi connectivity index (χ0n) is 43.9. The van der Waals surface area contributed by atoms with Crippen LogP contribution in [-0.2, 0) is 0 Å². The number of rotatable bonds is 9. The lowest BCUT2D eigenvalue weighted by atomic mass is 10.0. The summed E-state index contributed by atoms with van der Waals surface area (Å²) < 4.78 is 4.46. The molecule has 80 heavy (non-hydrogen) atoms. The average molecular weight is 1030 g/mol. The fourth-order valence-electron chi connectivity index (χ4n) is 11.4. The van der Waals surface area contributed by atoms with E-state index < -0.39 is 0 Å². The summed E-state index contributed by atoms with van der Waals surface area (Å²) >= 11 is 0. The fourth-order valence-corrected chi connectivity index (χ4v) is 11.4. The minimum absolute atomic E-state index is 0.181. The van der Waals surface area contributed by atoms with Gasteiger partial charge in [-0.1, -0.05) is 188 Å². The molecule has 0 saturated heterocycles. The molecular weight excluding hydrogens is 975 g/mol. The number of nitrogens with zero attached hydrogens (tertiary/aromatic N) is 7. The zero-order valence-corrected chi connectivity index (χ0v) is 43.9. The summed E-state index contributed by atoms with van der Waals surface area (Å²) in [6.45, 7) is 0. The Labute approximate surface area is 464 Å². The van der Waals surface area contributed by atoms with E-state index in [0.29, 0.717) is 28.4 Å². The van der Waals surface area contributed by atoms with E-state index in [1.54, 1.807) is 7.05 Å². The maximum atomic E-state index is 11.0. The number of amidine groups is 2. The number of aliphatic imine (C=N–C) groups is 3. The Morgan fingerprint density at radius 3 is 1.31 bits per heavy atom. The third kappa shape index (κ3) is 9.19. The Balaban J connectivity index is 0.858. The average Bonchev–Trinajstić information content (AvgIpc) is 4.13. The van der Waals surface area contributed by atoms with E-state index in [0.717, 1.165) is 118 Å². The van der Waals surface area contributed by atoms with Crippen molar-refractivity contribution in [1.29, 1.82) is 10.5 Å². The highest BCUT2D eigenvalue weighted by atomic mass is 15.0. The first-order valence-electron chi connectivity index (χ1n) is 26.9. The van der Waals surface area contributed by atoms with Gasteiger partial charge in [0.05, 0.1) is 44.6 Å². The monoisotopic (exact) mass is 1030 g/mol. The van der Waals surface area contributed by atoms with Crippen molar-refractivity contribution < 1.29 is 0 Å². The predicted octanol–water partition coefficient (Wildman–Crippen LogP) is 17.7. The summed E-state index contributed by atoms with van der Waals surface area (Å²) in [5.41, 5.74) is 17.3. The molecule has 2 heterocycles. The Morgan fingerprint density at radius 1 is 0.450 bits per heavy atom. The van der Waals surface area contributed by atoms with Crippen molar-refractivity contribution in [2.24, 2.45) is 20.9 Å². The maximum absolute atomic E-state index is 11.0. The van der Waals surface area contributed by atoms with E-state index in [9.17, 15) is 10.5 Å². The van der Waals surface area contributed by atoms with Gasteiger partial charge in [-0.3, -0.25) is 4.99 Å². The van der Waals surface area contributed by atoms with Crippen molar-refractivity contribution >= 4 is 67.2 Å². The van der Waals surface area contributed by atoms with Gasteiger partial charge in [0.15, 0.2) is 11.7 Å². The van der Waals surface area contributed by atoms with Gasteiger partial charge in [-0.05, 0) is 124 Å². The van der Waals surface area contributed by atoms with Crippen molar-refractivity contribution in [3.8, 4) is 62.3 Å². The van der Waals surface area contributed by atoms with Gasteiger partial charge in [-0.25, -0.2) is 9.98 Å². The van der Waals surface area contributed by atoms with Crippen molar-refractivity contribution in [1.82, 2.24) is 9.13 Å². The normalized spacial score (nSPS) is 14.1. The summed E-state index contributed by atoms with van der Waals surface area (Å²) in [7, 11) is 1.72. The first kappa shape index (κ1) is 48.9. The summed E-state index contributed by atoms with van der Waals surface area (Å²) in [4.78, 5) is 15.0. The van der Waals surface area contributed by atoms with E-state index in [1.165, 1.54) is 0 Å². The second-order valence-electron chi connectivity index (χ2n) is 20.1. The largest absolute Gasteiger partial charge is 0.308 e. The first-order chi connectivity index (χ1) is 39.5. The van der Waals surface area contributed by atoms with Gasteiger partial charge in [0.2, 0.25) is 0 Å². The van der Waals surface area contributed by atoms with Gasteiger partial charge < -0.3 is 9.13 Å². The highest BCUT2D eigenvalue weighted by molar-refractivity contribution is 6.16. The maximum Gasteiger partial charge on any atom is 0.161 e. The topological polar surface area (TPSA) is 94.5 Å². The van der Waals surface area contributed by atoms with E-state index in [4.69, 9.17) is 15.0 Å². The number of benzene rings is 10. The molecule has 1 unspecified atom stereocenters. The summed E-state index contributed by atoms with van der Waals surface area (Å²) in [5, 5.41) is 26.4. The molecule has 1 aliphatic rings. The molecule has 12 aromatic rings. The highest BCUT2D eigenvalue weighted by Crippen LogP contribution is 2.41. The van der Waals surface area contributed by atoms with Crippen LogP contribution in [0.3, 0.4) is 0 Å². The van der Waals surface area contributed by atoms with Gasteiger partial charge in [-0.2, -0.15) is 10.5 Å². The van der Waals surface area contributed by atoms with Crippen LogP contribution in [0.15, 0.2) is 275 Å². The van der Waals surface area contributed by atoms with Crippen molar-refractivity contribution in [3.63, 3.8) is 0 Å². The van der Waals surface area contributed by atoms with E-state index in [1.807, 2.05) is 85.1 Å². The molecule has 0 spiro atoms. The zero-order chi connectivity index (χ0) is 53.9. The lowest BCUT2D eigenvalue weighted by Gasteiger charge is -2.13. The van der Waals surface area contributed by atoms with Gasteiger partial charge in [-0.15, -0.1) is 0 Å². The van der Waals surface area contributed by atoms with Crippen LogP contribution >= 0.6 is 0 Å². The third-order valence-electron chi connectivity index (χ3n) is 15.3. The molecule has 0 N–H and O–H groups in total. The molecule has 0 radical (unpaired) electrons. The van der Waals surface area contributed by atoms with Gasteiger partial charge in [0.25, 0.3) is 0 Å². The van der Waals surface area contributed by atoms with Gasteiger partial charge in [0, 0.05) is 51.9 Å². The van der Waals surface area contributed by atoms with Crippen molar-refractivity contribution in [2.45, 2.75) is 12.8 Å². The Hall–Kier alpha value is -10.7. The molecule has 0 amide bonds. The smallest absolute Gasteiger partial charge is 0.161 e. The molecule has 7 nitrogen and oxygen atoms in total. The van der Waals surface area contributed by atoms with Crippen LogP contribution in [0.1, 0.15) is 29.5 Å². The van der Waals surface area contributed by atoms with Crippen LogP contribution in [0.4, 0.5) is 0 Å². The molecule has 0 bridgehead atoms. The first-order valence-corrected chi connectivity index (χ1v) is 26.9. The molecule has 7 heteroatoms. The minimum Gasteiger partial charge on any atom is -0.308 e. The molecule has 2 aromatic heterocycles. The van der Waals surface area contributed by atoms with Crippen LogP contribution in [0, 0.1) is 28.6 Å². The summed E-state index contributed by atoms with van der Waals surface area (Å²) in [6.07, 6.45) is 7.61. The molecule has 0 aliphatic heterocycles. The van der Waals surface area contributed by atoms with Crippen molar-refractivity contribution in [2.75, 3.05) is 7.05 Å². The second kappa shape index (κ2) is 21.4. The van der Waals surface area contributed by atoms with Gasteiger partial charge in [0.1, 0.15) is 12.1 Å². The van der Waals surface area contributed by atoms with Crippen molar-refractivity contribution in [3.05, 3.63) is 277 Å². The number of hydrogen-bond acceptors (Lipinski definition) is 3. The second-order valence-corrected chi connectivity index (χ2v) is 20.1. The molecule has 378 valence electrons. The molecule has 0 saturated carbocycles. The van der Waals surface area contributed by atoms with Crippen LogP contribution in [0.25, 0.3) is 99.5 Å². The third-order valence-corrected chi connectivity index (χ3v) is 15.3. The molecule has 10 aromatic carbocycles. The van der Waals surface area contributed by atoms with Gasteiger partial charge >= 0.3 is 0 Å². The molecular formula is C73H51N7. The summed E-state index contributed by atoms with van der Waals surface area (Å²) in [6, 6.07) is 89.1. The summed E-state index contributed by atoms with van der Waals surface area (Å²) in [5.74, 6) is 0.719. The van der Waals surface area contributed by atoms with E-state index >= 15 is 0 Å². The van der Waals surface area contributed by atoms with E-state index in [2.05, 4.69) is 197 Å². The quantitative estimate of drug-likeness (QED) is 0.106. The lowest BCUT2D eigenvalue weighted by molar-refractivity contribution is 0.774. The SMILES string of the molecule is CN=C(N=C(N=CC1C=C(C#N)C(n2c3ccc(-c4ccccc4)cc3c3cc(-c4ccccc4)ccc32)=CCC1)c1ccccc1)c1ccc(-n2c3ccc(-c4ccccc4)cc3c3cc(-c4ccccc4)ccc32)c(C#N)c1. The number of fused-ring (bicyclic) bond motifs is 6. The molecule has 13 rings (SSSR count). The molecule has 1 aliphatic carbocycles.